The Morgan fingerprint density at radius 2 is 2.19 bits per heavy atom. The minimum Gasteiger partial charge on any atom is -0.496 e. The van der Waals surface area contributed by atoms with Gasteiger partial charge in [-0.05, 0) is 24.1 Å². The Kier molecular flexibility index (Phi) is 4.39. The highest BCUT2D eigenvalue weighted by atomic mass is 35.5. The van der Waals surface area contributed by atoms with Gasteiger partial charge in [0.25, 0.3) is 0 Å². The summed E-state index contributed by atoms with van der Waals surface area (Å²) in [6.45, 7) is 4.04. The molecule has 0 heterocycles. The summed E-state index contributed by atoms with van der Waals surface area (Å²) < 4.78 is 5.21. The third kappa shape index (κ3) is 3.01. The summed E-state index contributed by atoms with van der Waals surface area (Å²) >= 11 is 5.92. The molecule has 0 saturated carbocycles. The summed E-state index contributed by atoms with van der Waals surface area (Å²) in [5, 5.41) is 9.72. The molecule has 0 aliphatic carbocycles. The first kappa shape index (κ1) is 12.6. The Labute approximate surface area is 101 Å². The van der Waals surface area contributed by atoms with Crippen LogP contribution in [-0.2, 0) is 0 Å². The Hall–Kier alpha value is -1.46. The zero-order valence-electron chi connectivity index (χ0n) is 9.62. The molecule has 1 aromatic rings. The van der Waals surface area contributed by atoms with Crippen molar-refractivity contribution in [2.45, 2.75) is 13.8 Å². The fourth-order valence-corrected chi connectivity index (χ4v) is 1.58. The molecule has 0 radical (unpaired) electrons. The summed E-state index contributed by atoms with van der Waals surface area (Å²) in [7, 11) is 1.58. The number of methoxy groups -OCH3 is 1. The highest BCUT2D eigenvalue weighted by molar-refractivity contribution is 6.30. The van der Waals surface area contributed by atoms with E-state index in [4.69, 9.17) is 21.6 Å². The van der Waals surface area contributed by atoms with E-state index < -0.39 is 0 Å². The van der Waals surface area contributed by atoms with Gasteiger partial charge in [-0.1, -0.05) is 31.5 Å². The number of hydrogen-bond acceptors (Lipinski definition) is 2. The maximum absolute atomic E-state index is 9.12. The molecule has 0 atom stereocenters. The molecule has 3 heteroatoms. The lowest BCUT2D eigenvalue weighted by Gasteiger charge is -2.08. The minimum absolute atomic E-state index is 0.304. The van der Waals surface area contributed by atoms with E-state index in [2.05, 4.69) is 6.07 Å². The minimum atomic E-state index is 0.304. The van der Waals surface area contributed by atoms with E-state index >= 15 is 0 Å². The van der Waals surface area contributed by atoms with Crippen LogP contribution in [0.15, 0.2) is 24.3 Å². The zero-order chi connectivity index (χ0) is 12.1. The van der Waals surface area contributed by atoms with Gasteiger partial charge < -0.3 is 4.74 Å². The summed E-state index contributed by atoms with van der Waals surface area (Å²) in [5.41, 5.74) is 1.33. The molecule has 84 valence electrons. The van der Waals surface area contributed by atoms with Crippen molar-refractivity contribution in [1.29, 1.82) is 5.26 Å². The van der Waals surface area contributed by atoms with Crippen LogP contribution in [0.4, 0.5) is 0 Å². The second kappa shape index (κ2) is 5.58. The van der Waals surface area contributed by atoms with Crippen LogP contribution in [0, 0.1) is 17.2 Å². The first-order valence-electron chi connectivity index (χ1n) is 5.04. The topological polar surface area (TPSA) is 33.0 Å². The molecule has 1 aromatic carbocycles. The zero-order valence-corrected chi connectivity index (χ0v) is 10.4. The maximum Gasteiger partial charge on any atom is 0.127 e. The van der Waals surface area contributed by atoms with Crippen LogP contribution in [0.5, 0.6) is 5.75 Å². The predicted octanol–water partition coefficient (Wildman–Crippen LogP) is 3.91. The summed E-state index contributed by atoms with van der Waals surface area (Å²) in [5.74, 6) is 0.969. The van der Waals surface area contributed by atoms with Gasteiger partial charge in [0.05, 0.1) is 18.8 Å². The molecule has 0 aromatic heterocycles. The van der Waals surface area contributed by atoms with E-state index in [1.165, 1.54) is 0 Å². The van der Waals surface area contributed by atoms with Gasteiger partial charge in [-0.2, -0.15) is 5.26 Å². The Morgan fingerprint density at radius 3 is 2.69 bits per heavy atom. The van der Waals surface area contributed by atoms with Gasteiger partial charge >= 0.3 is 0 Å². The predicted molar refractivity (Wildman–Crippen MR) is 66.4 cm³/mol. The molecule has 0 fully saturated rings. The fraction of sp³-hybridized carbons (Fsp3) is 0.308. The van der Waals surface area contributed by atoms with Crippen LogP contribution in [-0.4, -0.2) is 7.11 Å². The standard InChI is InChI=1S/C13H14ClNO/c1-9(2)6-10(8-15)12-7-11(14)4-5-13(12)16-3/h4-7,9H,1-3H3/b10-6+. The van der Waals surface area contributed by atoms with E-state index in [1.807, 2.05) is 19.9 Å². The van der Waals surface area contributed by atoms with Gasteiger partial charge in [-0.3, -0.25) is 0 Å². The van der Waals surface area contributed by atoms with Crippen LogP contribution in [0.1, 0.15) is 19.4 Å². The van der Waals surface area contributed by atoms with Crippen molar-refractivity contribution in [3.63, 3.8) is 0 Å². The van der Waals surface area contributed by atoms with Crippen molar-refractivity contribution in [2.24, 2.45) is 5.92 Å². The molecule has 0 spiro atoms. The molecule has 0 bridgehead atoms. The molecule has 0 N–H and O–H groups in total. The van der Waals surface area contributed by atoms with Gasteiger partial charge in [0.2, 0.25) is 0 Å². The molecule has 0 aliphatic rings. The van der Waals surface area contributed by atoms with Crippen molar-refractivity contribution in [3.8, 4) is 11.8 Å². The van der Waals surface area contributed by atoms with Crippen LogP contribution < -0.4 is 4.74 Å². The second-order valence-corrected chi connectivity index (χ2v) is 4.22. The molecular weight excluding hydrogens is 222 g/mol. The van der Waals surface area contributed by atoms with Crippen molar-refractivity contribution in [3.05, 3.63) is 34.9 Å². The first-order chi connectivity index (χ1) is 7.58. The molecule has 0 aliphatic heterocycles. The van der Waals surface area contributed by atoms with Gasteiger partial charge in [-0.15, -0.1) is 0 Å². The quantitative estimate of drug-likeness (QED) is 0.745. The van der Waals surface area contributed by atoms with Crippen molar-refractivity contribution in [2.75, 3.05) is 7.11 Å². The number of benzene rings is 1. The third-order valence-electron chi connectivity index (χ3n) is 2.07. The van der Waals surface area contributed by atoms with Crippen LogP contribution in [0.25, 0.3) is 5.57 Å². The molecular formula is C13H14ClNO. The van der Waals surface area contributed by atoms with Gasteiger partial charge in [-0.25, -0.2) is 0 Å². The summed E-state index contributed by atoms with van der Waals surface area (Å²) in [6, 6.07) is 7.43. The average Bonchev–Trinajstić information content (AvgIpc) is 2.25. The van der Waals surface area contributed by atoms with E-state index in [0.29, 0.717) is 22.3 Å². The Morgan fingerprint density at radius 1 is 1.50 bits per heavy atom. The first-order valence-corrected chi connectivity index (χ1v) is 5.42. The van der Waals surface area contributed by atoms with Crippen molar-refractivity contribution < 1.29 is 4.74 Å². The number of hydrogen-bond donors (Lipinski definition) is 0. The number of ether oxygens (including phenoxy) is 1. The normalized spacial score (nSPS) is 11.4. The van der Waals surface area contributed by atoms with Gasteiger partial charge in [0.1, 0.15) is 5.75 Å². The molecule has 16 heavy (non-hydrogen) atoms. The van der Waals surface area contributed by atoms with Gasteiger partial charge in [0, 0.05) is 10.6 Å². The lowest BCUT2D eigenvalue weighted by molar-refractivity contribution is 0.413. The van der Waals surface area contributed by atoms with Crippen LogP contribution in [0.2, 0.25) is 5.02 Å². The number of nitriles is 1. The average molecular weight is 236 g/mol. The largest absolute Gasteiger partial charge is 0.496 e. The lowest BCUT2D eigenvalue weighted by atomic mass is 10.0. The number of rotatable bonds is 3. The van der Waals surface area contributed by atoms with E-state index in [-0.39, 0.29) is 0 Å². The van der Waals surface area contributed by atoms with E-state index in [1.54, 1.807) is 25.3 Å². The number of allylic oxidation sites excluding steroid dienone is 2. The monoisotopic (exact) mass is 235 g/mol. The van der Waals surface area contributed by atoms with Crippen molar-refractivity contribution >= 4 is 17.2 Å². The molecule has 0 amide bonds. The van der Waals surface area contributed by atoms with Crippen LogP contribution >= 0.6 is 11.6 Å². The lowest BCUT2D eigenvalue weighted by Crippen LogP contribution is -1.92. The van der Waals surface area contributed by atoms with E-state index in [9.17, 15) is 0 Å². The number of nitrogens with zero attached hydrogens (tertiary/aromatic N) is 1. The second-order valence-electron chi connectivity index (χ2n) is 3.78. The number of halogens is 1. The summed E-state index contributed by atoms with van der Waals surface area (Å²) in [6.07, 6.45) is 1.90. The molecule has 0 unspecified atom stereocenters. The van der Waals surface area contributed by atoms with Crippen molar-refractivity contribution in [1.82, 2.24) is 0 Å². The van der Waals surface area contributed by atoms with Crippen LogP contribution in [0.3, 0.4) is 0 Å². The van der Waals surface area contributed by atoms with E-state index in [0.717, 1.165) is 5.56 Å². The highest BCUT2D eigenvalue weighted by Crippen LogP contribution is 2.29. The Balaban J connectivity index is 3.30. The molecule has 2 nitrogen and oxygen atoms in total. The fourth-order valence-electron chi connectivity index (χ4n) is 1.41. The molecule has 1 rings (SSSR count). The Bertz CT molecular complexity index is 444. The SMILES string of the molecule is COc1ccc(Cl)cc1/C(C#N)=C/C(C)C. The highest BCUT2D eigenvalue weighted by Gasteiger charge is 2.09. The molecule has 0 saturated heterocycles. The third-order valence-corrected chi connectivity index (χ3v) is 2.31. The maximum atomic E-state index is 9.12. The summed E-state index contributed by atoms with van der Waals surface area (Å²) in [4.78, 5) is 0. The smallest absolute Gasteiger partial charge is 0.127 e. The van der Waals surface area contributed by atoms with Gasteiger partial charge in [0.15, 0.2) is 0 Å².